The van der Waals surface area contributed by atoms with Gasteiger partial charge >= 0.3 is 0 Å². The molecule has 1 saturated heterocycles. The molecule has 18 heavy (non-hydrogen) atoms. The molecule has 2 atom stereocenters. The minimum atomic E-state index is -0.598. The third-order valence-corrected chi connectivity index (χ3v) is 4.07. The van der Waals surface area contributed by atoms with Crippen molar-refractivity contribution >= 4 is 18.0 Å². The van der Waals surface area contributed by atoms with E-state index in [-0.39, 0.29) is 30.6 Å². The zero-order valence-corrected chi connectivity index (χ0v) is 10.5. The number of ketones is 1. The van der Waals surface area contributed by atoms with Crippen molar-refractivity contribution in [3.05, 3.63) is 0 Å². The number of nitrogens with two attached hydrogens (primary N) is 1. The van der Waals surface area contributed by atoms with Crippen LogP contribution in [0, 0.1) is 5.92 Å². The second-order valence-electron chi connectivity index (χ2n) is 5.34. The number of Topliss-reactive ketones (excluding diaryl/α,β-unsaturated/α-hetero) is 1. The molecule has 1 aliphatic carbocycles. The van der Waals surface area contributed by atoms with E-state index in [1.807, 2.05) is 0 Å². The second kappa shape index (κ2) is 5.61. The maximum Gasteiger partial charge on any atom is 0.240 e. The van der Waals surface area contributed by atoms with Crippen LogP contribution in [-0.4, -0.2) is 41.5 Å². The molecule has 2 aliphatic rings. The lowest BCUT2D eigenvalue weighted by Gasteiger charge is -2.30. The lowest BCUT2D eigenvalue weighted by Crippen LogP contribution is -2.50. The molecule has 1 saturated carbocycles. The number of hydrogen-bond donors (Lipinski definition) is 1. The van der Waals surface area contributed by atoms with E-state index in [2.05, 4.69) is 0 Å². The zero-order chi connectivity index (χ0) is 13.1. The fourth-order valence-corrected chi connectivity index (χ4v) is 2.96. The topological polar surface area (TPSA) is 80.5 Å². The van der Waals surface area contributed by atoms with Gasteiger partial charge in [0.2, 0.25) is 5.91 Å². The normalized spacial score (nSPS) is 27.3. The average Bonchev–Trinajstić information content (AvgIpc) is 2.79. The molecule has 0 aromatic heterocycles. The molecule has 100 valence electrons. The molecule has 2 rings (SSSR count). The third-order valence-electron chi connectivity index (χ3n) is 4.07. The van der Waals surface area contributed by atoms with Crippen LogP contribution >= 0.6 is 0 Å². The molecule has 1 heterocycles. The summed E-state index contributed by atoms with van der Waals surface area (Å²) in [4.78, 5) is 35.8. The van der Waals surface area contributed by atoms with Crippen molar-refractivity contribution in [1.82, 2.24) is 4.90 Å². The number of likely N-dealkylation sites (tertiary alicyclic amines) is 1. The first-order chi connectivity index (χ1) is 8.63. The van der Waals surface area contributed by atoms with Crippen LogP contribution in [0.4, 0.5) is 0 Å². The Hall–Kier alpha value is -1.23. The van der Waals surface area contributed by atoms with Crippen molar-refractivity contribution in [1.29, 1.82) is 0 Å². The number of carbonyl (C=O) groups excluding carboxylic acids is 3. The predicted molar refractivity (Wildman–Crippen MR) is 65.7 cm³/mol. The van der Waals surface area contributed by atoms with Crippen LogP contribution in [0.1, 0.15) is 38.5 Å². The fraction of sp³-hybridized carbons (Fsp3) is 0.769. The van der Waals surface area contributed by atoms with E-state index in [0.29, 0.717) is 6.29 Å². The van der Waals surface area contributed by atoms with Crippen LogP contribution in [0.3, 0.4) is 0 Å². The molecule has 2 fully saturated rings. The minimum absolute atomic E-state index is 0.0443. The number of hydrogen-bond acceptors (Lipinski definition) is 4. The minimum Gasteiger partial charge on any atom is -0.324 e. The fourth-order valence-electron chi connectivity index (χ4n) is 2.96. The molecule has 0 aromatic rings. The van der Waals surface area contributed by atoms with E-state index < -0.39 is 12.1 Å². The molecule has 1 aliphatic heterocycles. The molecule has 5 nitrogen and oxygen atoms in total. The summed E-state index contributed by atoms with van der Waals surface area (Å²) >= 11 is 0. The molecule has 0 spiro atoms. The highest BCUT2D eigenvalue weighted by atomic mass is 16.2. The van der Waals surface area contributed by atoms with Gasteiger partial charge in [0.05, 0.1) is 18.6 Å². The lowest BCUT2D eigenvalue weighted by atomic mass is 9.83. The number of amides is 1. The first kappa shape index (κ1) is 13.2. The first-order valence-electron chi connectivity index (χ1n) is 6.66. The van der Waals surface area contributed by atoms with Crippen LogP contribution < -0.4 is 5.73 Å². The zero-order valence-electron chi connectivity index (χ0n) is 10.5. The Morgan fingerprint density at radius 1 is 1.33 bits per heavy atom. The summed E-state index contributed by atoms with van der Waals surface area (Å²) in [7, 11) is 0. The Labute approximate surface area is 107 Å². The number of carbonyl (C=O) groups is 3. The lowest BCUT2D eigenvalue weighted by molar-refractivity contribution is -0.137. The van der Waals surface area contributed by atoms with Gasteiger partial charge < -0.3 is 15.4 Å². The van der Waals surface area contributed by atoms with Gasteiger partial charge in [-0.15, -0.1) is 0 Å². The molecule has 0 aromatic carbocycles. The molecule has 5 heteroatoms. The monoisotopic (exact) mass is 252 g/mol. The van der Waals surface area contributed by atoms with E-state index in [1.54, 1.807) is 0 Å². The highest BCUT2D eigenvalue weighted by molar-refractivity contribution is 5.95. The Morgan fingerprint density at radius 2 is 2.00 bits per heavy atom. The van der Waals surface area contributed by atoms with Gasteiger partial charge in [-0.25, -0.2) is 0 Å². The van der Waals surface area contributed by atoms with Gasteiger partial charge in [0.15, 0.2) is 5.78 Å². The molecular formula is C13H20N2O3. The van der Waals surface area contributed by atoms with Gasteiger partial charge in [-0.3, -0.25) is 9.59 Å². The summed E-state index contributed by atoms with van der Waals surface area (Å²) in [5.41, 5.74) is 6.02. The van der Waals surface area contributed by atoms with Gasteiger partial charge in [-0.05, 0) is 18.8 Å². The van der Waals surface area contributed by atoms with Crippen molar-refractivity contribution < 1.29 is 14.4 Å². The highest BCUT2D eigenvalue weighted by Crippen LogP contribution is 2.27. The van der Waals surface area contributed by atoms with Gasteiger partial charge in [-0.2, -0.15) is 0 Å². The molecular weight excluding hydrogens is 232 g/mol. The van der Waals surface area contributed by atoms with Gasteiger partial charge in [-0.1, -0.05) is 19.3 Å². The number of nitrogens with zero attached hydrogens (tertiary/aromatic N) is 1. The molecule has 1 unspecified atom stereocenters. The standard InChI is InChI=1S/C13H20N2O3/c14-12(9-4-2-1-3-5-9)13(18)15-7-11(17)6-10(15)8-16/h8-10,12H,1-7,14H2/t10-,12?/m0/s1. The largest absolute Gasteiger partial charge is 0.324 e. The summed E-state index contributed by atoms with van der Waals surface area (Å²) in [5.74, 6) is -0.0876. The van der Waals surface area contributed by atoms with Crippen molar-refractivity contribution in [3.8, 4) is 0 Å². The van der Waals surface area contributed by atoms with E-state index in [1.165, 1.54) is 11.3 Å². The quantitative estimate of drug-likeness (QED) is 0.731. The molecule has 0 bridgehead atoms. The van der Waals surface area contributed by atoms with Crippen LogP contribution in [0.2, 0.25) is 0 Å². The van der Waals surface area contributed by atoms with Crippen molar-refractivity contribution in [2.75, 3.05) is 6.54 Å². The summed E-state index contributed by atoms with van der Waals surface area (Å²) in [6, 6.07) is -1.15. The van der Waals surface area contributed by atoms with Crippen LogP contribution in [0.15, 0.2) is 0 Å². The Bertz CT molecular complexity index is 350. The molecule has 2 N–H and O–H groups in total. The Balaban J connectivity index is 2.01. The predicted octanol–water partition coefficient (Wildman–Crippen LogP) is 0.263. The number of aldehydes is 1. The summed E-state index contributed by atoms with van der Waals surface area (Å²) in [6.45, 7) is 0.0443. The summed E-state index contributed by atoms with van der Waals surface area (Å²) in [5, 5.41) is 0. The third kappa shape index (κ3) is 2.61. The van der Waals surface area contributed by atoms with Crippen molar-refractivity contribution in [2.24, 2.45) is 11.7 Å². The van der Waals surface area contributed by atoms with E-state index >= 15 is 0 Å². The van der Waals surface area contributed by atoms with Gasteiger partial charge in [0.1, 0.15) is 6.29 Å². The van der Waals surface area contributed by atoms with Crippen molar-refractivity contribution in [2.45, 2.75) is 50.6 Å². The Kier molecular flexibility index (Phi) is 4.11. The second-order valence-corrected chi connectivity index (χ2v) is 5.34. The molecule has 1 amide bonds. The smallest absolute Gasteiger partial charge is 0.240 e. The van der Waals surface area contributed by atoms with Crippen LogP contribution in [0.25, 0.3) is 0 Å². The van der Waals surface area contributed by atoms with Gasteiger partial charge in [0, 0.05) is 6.42 Å². The van der Waals surface area contributed by atoms with Crippen molar-refractivity contribution in [3.63, 3.8) is 0 Å². The summed E-state index contributed by atoms with van der Waals surface area (Å²) < 4.78 is 0. The highest BCUT2D eigenvalue weighted by Gasteiger charge is 2.38. The summed E-state index contributed by atoms with van der Waals surface area (Å²) in [6.07, 6.45) is 6.20. The van der Waals surface area contributed by atoms with Crippen LogP contribution in [0.5, 0.6) is 0 Å². The van der Waals surface area contributed by atoms with E-state index in [9.17, 15) is 14.4 Å². The van der Waals surface area contributed by atoms with Crippen LogP contribution in [-0.2, 0) is 14.4 Å². The van der Waals surface area contributed by atoms with E-state index in [4.69, 9.17) is 5.73 Å². The first-order valence-corrected chi connectivity index (χ1v) is 6.66. The number of rotatable bonds is 3. The molecule has 0 radical (unpaired) electrons. The maximum absolute atomic E-state index is 12.2. The SMILES string of the molecule is NC(C(=O)N1CC(=O)C[C@H]1C=O)C1CCCCC1. The maximum atomic E-state index is 12.2. The average molecular weight is 252 g/mol. The van der Waals surface area contributed by atoms with Gasteiger partial charge in [0.25, 0.3) is 0 Å². The Morgan fingerprint density at radius 3 is 2.61 bits per heavy atom. The van der Waals surface area contributed by atoms with E-state index in [0.717, 1.165) is 25.7 Å².